The van der Waals surface area contributed by atoms with E-state index in [1.807, 2.05) is 12.1 Å². The molecule has 2 heterocycles. The van der Waals surface area contributed by atoms with Gasteiger partial charge in [-0.05, 0) is 61.2 Å². The van der Waals surface area contributed by atoms with Gasteiger partial charge in [-0.25, -0.2) is 0 Å². The second kappa shape index (κ2) is 5.35. The Morgan fingerprint density at radius 1 is 1.30 bits per heavy atom. The summed E-state index contributed by atoms with van der Waals surface area (Å²) in [4.78, 5) is 2.47. The molecule has 1 N–H and O–H groups in total. The van der Waals surface area contributed by atoms with Crippen molar-refractivity contribution in [3.8, 4) is 0 Å². The van der Waals surface area contributed by atoms with Crippen LogP contribution in [0.1, 0.15) is 43.8 Å². The van der Waals surface area contributed by atoms with Crippen LogP contribution < -0.4 is 0 Å². The molecular formula is C16H21NO2S. The highest BCUT2D eigenvalue weighted by atomic mass is 32.1. The zero-order valence-corrected chi connectivity index (χ0v) is 12.8. The van der Waals surface area contributed by atoms with Crippen molar-refractivity contribution < 1.29 is 9.52 Å². The van der Waals surface area contributed by atoms with Crippen LogP contribution in [0.4, 0.5) is 0 Å². The Labute approximate surface area is 123 Å². The summed E-state index contributed by atoms with van der Waals surface area (Å²) in [5.41, 5.74) is 0.465. The van der Waals surface area contributed by atoms with E-state index in [4.69, 9.17) is 4.42 Å². The third kappa shape index (κ3) is 3.32. The van der Waals surface area contributed by atoms with E-state index in [2.05, 4.69) is 21.7 Å². The van der Waals surface area contributed by atoms with Crippen molar-refractivity contribution in [3.63, 3.8) is 0 Å². The predicted molar refractivity (Wildman–Crippen MR) is 80.5 cm³/mol. The van der Waals surface area contributed by atoms with Gasteiger partial charge < -0.3 is 9.52 Å². The molecule has 108 valence electrons. The molecule has 0 bridgehead atoms. The Kier molecular flexibility index (Phi) is 3.71. The van der Waals surface area contributed by atoms with Crippen LogP contribution in [0.3, 0.4) is 0 Å². The van der Waals surface area contributed by atoms with Crippen molar-refractivity contribution in [2.45, 2.75) is 51.4 Å². The van der Waals surface area contributed by atoms with Crippen molar-refractivity contribution in [2.24, 2.45) is 0 Å². The molecule has 3 rings (SSSR count). The third-order valence-corrected chi connectivity index (χ3v) is 4.38. The molecule has 1 aliphatic rings. The zero-order chi connectivity index (χ0) is 14.2. The van der Waals surface area contributed by atoms with Crippen molar-refractivity contribution >= 4 is 11.3 Å². The smallest absolute Gasteiger partial charge is 0.135 e. The molecule has 1 aliphatic carbocycles. The number of rotatable bonds is 6. The van der Waals surface area contributed by atoms with Crippen LogP contribution >= 0.6 is 11.3 Å². The van der Waals surface area contributed by atoms with Crippen molar-refractivity contribution in [1.29, 1.82) is 0 Å². The minimum atomic E-state index is -0.907. The van der Waals surface area contributed by atoms with E-state index in [1.54, 1.807) is 25.2 Å². The first-order valence-electron chi connectivity index (χ1n) is 7.09. The molecule has 1 saturated carbocycles. The van der Waals surface area contributed by atoms with E-state index in [1.165, 1.54) is 18.4 Å². The van der Waals surface area contributed by atoms with Gasteiger partial charge in [0.05, 0.1) is 6.54 Å². The lowest BCUT2D eigenvalue weighted by molar-refractivity contribution is 0.0515. The first-order valence-corrected chi connectivity index (χ1v) is 8.03. The van der Waals surface area contributed by atoms with Crippen LogP contribution in [0.25, 0.3) is 0 Å². The van der Waals surface area contributed by atoms with Gasteiger partial charge in [-0.2, -0.15) is 11.3 Å². The Balaban J connectivity index is 1.69. The molecule has 2 aromatic rings. The van der Waals surface area contributed by atoms with Gasteiger partial charge in [0.1, 0.15) is 17.1 Å². The molecule has 3 nitrogen and oxygen atoms in total. The summed E-state index contributed by atoms with van der Waals surface area (Å²) in [5, 5.41) is 14.3. The minimum absolute atomic E-state index is 0.638. The molecule has 0 spiro atoms. The number of nitrogens with zero attached hydrogens (tertiary/aromatic N) is 1. The van der Waals surface area contributed by atoms with E-state index in [0.717, 1.165) is 18.8 Å². The largest absolute Gasteiger partial charge is 0.462 e. The molecule has 0 radical (unpaired) electrons. The van der Waals surface area contributed by atoms with Gasteiger partial charge in [0, 0.05) is 12.6 Å². The molecule has 2 aromatic heterocycles. The normalized spacial score (nSPS) is 16.0. The second-order valence-corrected chi connectivity index (χ2v) is 6.87. The van der Waals surface area contributed by atoms with E-state index in [9.17, 15) is 5.11 Å². The lowest BCUT2D eigenvalue weighted by atomic mass is 10.1. The molecular weight excluding hydrogens is 270 g/mol. The number of thiophene rings is 1. The first-order chi connectivity index (χ1) is 9.52. The fourth-order valence-electron chi connectivity index (χ4n) is 2.36. The second-order valence-electron chi connectivity index (χ2n) is 6.09. The fraction of sp³-hybridized carbons (Fsp3) is 0.500. The van der Waals surface area contributed by atoms with Gasteiger partial charge in [0.25, 0.3) is 0 Å². The first kappa shape index (κ1) is 13.9. The zero-order valence-electron chi connectivity index (χ0n) is 12.0. The molecule has 0 aromatic carbocycles. The van der Waals surface area contributed by atoms with Crippen molar-refractivity contribution in [3.05, 3.63) is 46.0 Å². The molecule has 4 heteroatoms. The topological polar surface area (TPSA) is 36.6 Å². The summed E-state index contributed by atoms with van der Waals surface area (Å²) in [7, 11) is 0. The highest BCUT2D eigenvalue weighted by Crippen LogP contribution is 2.31. The van der Waals surface area contributed by atoms with Crippen molar-refractivity contribution in [1.82, 2.24) is 4.90 Å². The van der Waals surface area contributed by atoms with E-state index < -0.39 is 5.60 Å². The van der Waals surface area contributed by atoms with Gasteiger partial charge in [0.15, 0.2) is 0 Å². The quantitative estimate of drug-likeness (QED) is 0.881. The van der Waals surface area contributed by atoms with E-state index in [0.29, 0.717) is 11.8 Å². The summed E-state index contributed by atoms with van der Waals surface area (Å²) in [6.45, 7) is 5.29. The minimum Gasteiger partial charge on any atom is -0.462 e. The Morgan fingerprint density at radius 3 is 2.65 bits per heavy atom. The molecule has 20 heavy (non-hydrogen) atoms. The predicted octanol–water partition coefficient (Wildman–Crippen LogP) is 3.73. The monoisotopic (exact) mass is 291 g/mol. The number of aliphatic hydroxyl groups is 1. The summed E-state index contributed by atoms with van der Waals surface area (Å²) in [6.07, 6.45) is 2.56. The average Bonchev–Trinajstić information content (AvgIpc) is 2.88. The number of furan rings is 1. The fourth-order valence-corrected chi connectivity index (χ4v) is 3.02. The van der Waals surface area contributed by atoms with Gasteiger partial charge in [-0.1, -0.05) is 0 Å². The Morgan fingerprint density at radius 2 is 2.10 bits per heavy atom. The lowest BCUT2D eigenvalue weighted by Crippen LogP contribution is -2.24. The Bertz CT molecular complexity index is 549. The lowest BCUT2D eigenvalue weighted by Gasteiger charge is -2.20. The molecule has 0 atom stereocenters. The maximum absolute atomic E-state index is 9.96. The van der Waals surface area contributed by atoms with Gasteiger partial charge in [-0.15, -0.1) is 0 Å². The maximum Gasteiger partial charge on any atom is 0.135 e. The summed E-state index contributed by atoms with van der Waals surface area (Å²) >= 11 is 1.74. The third-order valence-electron chi connectivity index (χ3n) is 3.65. The summed E-state index contributed by atoms with van der Waals surface area (Å²) in [6, 6.07) is 6.73. The molecule has 1 fully saturated rings. The van der Waals surface area contributed by atoms with E-state index >= 15 is 0 Å². The molecule has 0 amide bonds. The SMILES string of the molecule is CC(C)(O)c1ccc(CN(Cc2ccsc2)C2CC2)o1. The number of hydrogen-bond acceptors (Lipinski definition) is 4. The van der Waals surface area contributed by atoms with Crippen LogP contribution in [0.5, 0.6) is 0 Å². The maximum atomic E-state index is 9.96. The van der Waals surface area contributed by atoms with Gasteiger partial charge in [-0.3, -0.25) is 4.90 Å². The van der Waals surface area contributed by atoms with Crippen LogP contribution in [0, 0.1) is 0 Å². The van der Waals surface area contributed by atoms with Crippen LogP contribution in [-0.4, -0.2) is 16.0 Å². The standard InChI is InChI=1S/C16H21NO2S/c1-16(2,18)15-6-5-14(19-15)10-17(13-3-4-13)9-12-7-8-20-11-12/h5-8,11,13,18H,3-4,9-10H2,1-2H3. The van der Waals surface area contributed by atoms with Crippen LogP contribution in [-0.2, 0) is 18.7 Å². The highest BCUT2D eigenvalue weighted by Gasteiger charge is 2.30. The summed E-state index contributed by atoms with van der Waals surface area (Å²) in [5.74, 6) is 1.57. The summed E-state index contributed by atoms with van der Waals surface area (Å²) < 4.78 is 5.79. The molecule has 0 unspecified atom stereocenters. The Hall–Kier alpha value is -1.10. The van der Waals surface area contributed by atoms with Gasteiger partial charge >= 0.3 is 0 Å². The highest BCUT2D eigenvalue weighted by molar-refractivity contribution is 7.07. The molecule has 0 saturated heterocycles. The van der Waals surface area contributed by atoms with Crippen LogP contribution in [0.2, 0.25) is 0 Å². The molecule has 0 aliphatic heterocycles. The van der Waals surface area contributed by atoms with E-state index in [-0.39, 0.29) is 0 Å². The van der Waals surface area contributed by atoms with Crippen molar-refractivity contribution in [2.75, 3.05) is 0 Å². The van der Waals surface area contributed by atoms with Gasteiger partial charge in [0.2, 0.25) is 0 Å². The van der Waals surface area contributed by atoms with Crippen LogP contribution in [0.15, 0.2) is 33.4 Å². The average molecular weight is 291 g/mol. The number of hydrogen-bond donors (Lipinski definition) is 1.